The molecule has 186 valence electrons. The van der Waals surface area contributed by atoms with E-state index < -0.39 is 6.43 Å². The molecule has 0 radical (unpaired) electrons. The van der Waals surface area contributed by atoms with E-state index in [0.29, 0.717) is 39.2 Å². The summed E-state index contributed by atoms with van der Waals surface area (Å²) in [7, 11) is 1.67. The van der Waals surface area contributed by atoms with Gasteiger partial charge in [0.1, 0.15) is 23.4 Å². The third kappa shape index (κ3) is 4.19. The van der Waals surface area contributed by atoms with Gasteiger partial charge in [-0.3, -0.25) is 4.90 Å². The van der Waals surface area contributed by atoms with Crippen molar-refractivity contribution < 1.29 is 32.5 Å². The van der Waals surface area contributed by atoms with Gasteiger partial charge in [-0.15, -0.1) is 0 Å². The highest BCUT2D eigenvalue weighted by Crippen LogP contribution is 2.59. The van der Waals surface area contributed by atoms with Crippen LogP contribution in [0.15, 0.2) is 11.6 Å². The van der Waals surface area contributed by atoms with E-state index in [0.717, 1.165) is 12.8 Å². The van der Waals surface area contributed by atoms with Crippen LogP contribution in [0.4, 0.5) is 13.6 Å². The Bertz CT molecular complexity index is 801. The number of hydrogen-bond acceptors (Lipinski definition) is 6. The lowest BCUT2D eigenvalue weighted by Crippen LogP contribution is -2.73. The number of likely N-dealkylation sites (tertiary alicyclic amines) is 2. The molecule has 1 saturated carbocycles. The van der Waals surface area contributed by atoms with E-state index in [1.165, 1.54) is 5.57 Å². The monoisotopic (exact) mass is 470 g/mol. The highest BCUT2D eigenvalue weighted by Gasteiger charge is 2.72. The third-order valence-corrected chi connectivity index (χ3v) is 8.31. The fourth-order valence-corrected chi connectivity index (χ4v) is 6.59. The Morgan fingerprint density at radius 2 is 1.94 bits per heavy atom. The molecule has 1 aliphatic carbocycles. The van der Waals surface area contributed by atoms with E-state index in [1.807, 2.05) is 0 Å². The number of amides is 1. The number of carbonyl (C=O) groups is 1. The van der Waals surface area contributed by atoms with Crippen LogP contribution in [0, 0.1) is 11.3 Å². The fraction of sp³-hybridized carbons (Fsp3) is 0.875. The predicted molar refractivity (Wildman–Crippen MR) is 116 cm³/mol. The first-order chi connectivity index (χ1) is 15.6. The number of epoxide rings is 2. The van der Waals surface area contributed by atoms with Crippen molar-refractivity contribution in [3.8, 4) is 0 Å². The van der Waals surface area contributed by atoms with Crippen LogP contribution in [0.3, 0.4) is 0 Å². The Morgan fingerprint density at radius 1 is 1.24 bits per heavy atom. The molecule has 1 amide bonds. The molecule has 33 heavy (non-hydrogen) atoms. The zero-order valence-corrected chi connectivity index (χ0v) is 20.0. The van der Waals surface area contributed by atoms with Gasteiger partial charge in [-0.1, -0.05) is 11.6 Å². The molecule has 1 unspecified atom stereocenters. The second-order valence-corrected chi connectivity index (χ2v) is 11.2. The summed E-state index contributed by atoms with van der Waals surface area (Å²) in [6.07, 6.45) is 1.35. The van der Waals surface area contributed by atoms with E-state index in [1.54, 1.807) is 16.9 Å². The average Bonchev–Trinajstić information content (AvgIpc) is 3.59. The molecule has 0 aromatic heterocycles. The molecule has 0 N–H and O–H groups in total. The van der Waals surface area contributed by atoms with Gasteiger partial charge in [0.15, 0.2) is 0 Å². The molecule has 5 rings (SSSR count). The molecular formula is C24H36F2N2O5. The SMILES string of the molecule is CO[C@@H]1[C@H](OC(=O)N2CC3(CN(CC(F)F)C3)C2)CC[C@]2(CO2)[C@H]1[C@@]1(C)OC1CC=C(C)C. The lowest BCUT2D eigenvalue weighted by molar-refractivity contribution is -0.143. The quantitative estimate of drug-likeness (QED) is 0.421. The second-order valence-electron chi connectivity index (χ2n) is 11.2. The van der Waals surface area contributed by atoms with Gasteiger partial charge in [0, 0.05) is 38.7 Å². The fourth-order valence-electron chi connectivity index (χ4n) is 6.59. The molecule has 2 spiro atoms. The first kappa shape index (κ1) is 23.5. The number of methoxy groups -OCH3 is 1. The van der Waals surface area contributed by atoms with Gasteiger partial charge < -0.3 is 23.8 Å². The number of alkyl halides is 2. The highest BCUT2D eigenvalue weighted by atomic mass is 19.3. The van der Waals surface area contributed by atoms with Crippen molar-refractivity contribution in [1.82, 2.24) is 9.80 Å². The van der Waals surface area contributed by atoms with Gasteiger partial charge in [-0.25, -0.2) is 13.6 Å². The third-order valence-electron chi connectivity index (χ3n) is 8.31. The van der Waals surface area contributed by atoms with E-state index >= 15 is 0 Å². The standard InChI is InChI=1S/C24H36F2N2O5/c1-15(2)5-6-17-22(3,33-17)20-19(30-4)16(7-8-24(20)14-31-24)32-21(29)28-12-23(13-28)10-27(11-23)9-18(25)26/h5,16-20H,6-14H2,1-4H3/t16-,17?,19-,20-,22+,24+/m1/s1. The minimum absolute atomic E-state index is 0.00520. The lowest BCUT2D eigenvalue weighted by Gasteiger charge is -2.59. The first-order valence-electron chi connectivity index (χ1n) is 12.0. The van der Waals surface area contributed by atoms with Crippen molar-refractivity contribution >= 4 is 6.09 Å². The maximum atomic E-state index is 12.9. The van der Waals surface area contributed by atoms with Crippen LogP contribution in [0.5, 0.6) is 0 Å². The van der Waals surface area contributed by atoms with Gasteiger partial charge in [0.2, 0.25) is 0 Å². The number of carbonyl (C=O) groups excluding carboxylic acids is 1. The molecule has 7 nitrogen and oxygen atoms in total. The van der Waals surface area contributed by atoms with Gasteiger partial charge in [-0.05, 0) is 40.0 Å². The maximum absolute atomic E-state index is 12.9. The smallest absolute Gasteiger partial charge is 0.410 e. The summed E-state index contributed by atoms with van der Waals surface area (Å²) in [4.78, 5) is 16.3. The molecule has 4 aliphatic heterocycles. The zero-order valence-electron chi connectivity index (χ0n) is 20.0. The van der Waals surface area contributed by atoms with Crippen molar-refractivity contribution in [3.63, 3.8) is 0 Å². The molecule has 0 aromatic rings. The summed E-state index contributed by atoms with van der Waals surface area (Å²) in [5, 5.41) is 0. The van der Waals surface area contributed by atoms with Gasteiger partial charge in [-0.2, -0.15) is 0 Å². The Morgan fingerprint density at radius 3 is 2.52 bits per heavy atom. The summed E-state index contributed by atoms with van der Waals surface area (Å²) in [5.41, 5.74) is 0.608. The molecule has 4 heterocycles. The van der Waals surface area contributed by atoms with Crippen molar-refractivity contribution in [2.45, 2.75) is 76.0 Å². The van der Waals surface area contributed by atoms with Crippen molar-refractivity contribution in [3.05, 3.63) is 11.6 Å². The lowest BCUT2D eigenvalue weighted by atomic mass is 9.68. The summed E-state index contributed by atoms with van der Waals surface area (Å²) in [5.74, 6) is -0.00520. The zero-order chi connectivity index (χ0) is 23.6. The average molecular weight is 471 g/mol. The molecular weight excluding hydrogens is 434 g/mol. The molecule has 4 saturated heterocycles. The van der Waals surface area contributed by atoms with Crippen LogP contribution in [0.2, 0.25) is 0 Å². The Kier molecular flexibility index (Phi) is 5.78. The number of ether oxygens (including phenoxy) is 4. The Hall–Kier alpha value is -1.29. The van der Waals surface area contributed by atoms with Gasteiger partial charge >= 0.3 is 6.09 Å². The number of halogens is 2. The largest absolute Gasteiger partial charge is 0.443 e. The van der Waals surface area contributed by atoms with E-state index in [9.17, 15) is 13.6 Å². The number of allylic oxidation sites excluding steroid dienone is 1. The maximum Gasteiger partial charge on any atom is 0.410 e. The van der Waals surface area contributed by atoms with Crippen LogP contribution < -0.4 is 0 Å². The van der Waals surface area contributed by atoms with Crippen molar-refractivity contribution in [2.24, 2.45) is 11.3 Å². The molecule has 6 atom stereocenters. The van der Waals surface area contributed by atoms with Gasteiger partial charge in [0.25, 0.3) is 6.43 Å². The molecule has 9 heteroatoms. The van der Waals surface area contributed by atoms with E-state index in [2.05, 4.69) is 26.8 Å². The topological polar surface area (TPSA) is 67.1 Å². The summed E-state index contributed by atoms with van der Waals surface area (Å²) >= 11 is 0. The van der Waals surface area contributed by atoms with Crippen LogP contribution >= 0.6 is 0 Å². The van der Waals surface area contributed by atoms with Crippen molar-refractivity contribution in [1.29, 1.82) is 0 Å². The molecule has 0 aromatic carbocycles. The Balaban J connectivity index is 1.19. The van der Waals surface area contributed by atoms with Crippen molar-refractivity contribution in [2.75, 3.05) is 46.4 Å². The highest BCUT2D eigenvalue weighted by molar-refractivity contribution is 5.69. The van der Waals surface area contributed by atoms with Crippen LogP contribution in [-0.4, -0.2) is 98.3 Å². The molecule has 0 bridgehead atoms. The van der Waals surface area contributed by atoms with Crippen LogP contribution in [0.25, 0.3) is 0 Å². The summed E-state index contributed by atoms with van der Waals surface area (Å²) in [6, 6.07) is 0. The number of nitrogens with zero attached hydrogens (tertiary/aromatic N) is 2. The van der Waals surface area contributed by atoms with Crippen LogP contribution in [-0.2, 0) is 18.9 Å². The Labute approximate surface area is 194 Å². The van der Waals surface area contributed by atoms with Crippen LogP contribution in [0.1, 0.15) is 40.0 Å². The number of rotatable bonds is 7. The van der Waals surface area contributed by atoms with E-state index in [4.69, 9.17) is 18.9 Å². The van der Waals surface area contributed by atoms with Gasteiger partial charge in [0.05, 0.1) is 25.2 Å². The summed E-state index contributed by atoms with van der Waals surface area (Å²) in [6.45, 7) is 9.17. The predicted octanol–water partition coefficient (Wildman–Crippen LogP) is 3.08. The van der Waals surface area contributed by atoms with E-state index in [-0.39, 0.29) is 53.5 Å². The first-order valence-corrected chi connectivity index (χ1v) is 12.0. The summed E-state index contributed by atoms with van der Waals surface area (Å²) < 4.78 is 49.1. The number of hydrogen-bond donors (Lipinski definition) is 0. The molecule has 5 fully saturated rings. The minimum atomic E-state index is -2.31. The molecule has 5 aliphatic rings. The second kappa shape index (κ2) is 8.14. The minimum Gasteiger partial charge on any atom is -0.443 e. The normalized spacial score (nSPS) is 41.0.